The van der Waals surface area contributed by atoms with Gasteiger partial charge >= 0.3 is 0 Å². The molecule has 3 N–H and O–H groups in total. The molecular weight excluding hydrogens is 242 g/mol. The van der Waals surface area contributed by atoms with Gasteiger partial charge in [0.2, 0.25) is 0 Å². The first-order valence-corrected chi connectivity index (χ1v) is 6.60. The van der Waals surface area contributed by atoms with Gasteiger partial charge in [0.1, 0.15) is 0 Å². The van der Waals surface area contributed by atoms with Crippen molar-refractivity contribution >= 4 is 22.1 Å². The molecule has 2 heterocycles. The summed E-state index contributed by atoms with van der Waals surface area (Å²) in [6.07, 6.45) is 3.70. The number of benzene rings is 1. The quantitative estimate of drug-likeness (QED) is 0.559. The molecule has 1 atom stereocenters. The van der Waals surface area contributed by atoms with Crippen LogP contribution in [0.3, 0.4) is 0 Å². The van der Waals surface area contributed by atoms with Crippen molar-refractivity contribution in [3.63, 3.8) is 0 Å². The van der Waals surface area contributed by atoms with Crippen molar-refractivity contribution in [3.05, 3.63) is 64.6 Å². The van der Waals surface area contributed by atoms with Gasteiger partial charge in [0.25, 0.3) is 0 Å². The van der Waals surface area contributed by atoms with Crippen LogP contribution in [0.15, 0.2) is 54.2 Å². The summed E-state index contributed by atoms with van der Waals surface area (Å²) in [5.41, 5.74) is 4.05. The summed E-state index contributed by atoms with van der Waals surface area (Å²) in [6, 6.07) is 12.4. The van der Waals surface area contributed by atoms with Crippen molar-refractivity contribution < 1.29 is 0 Å². The van der Waals surface area contributed by atoms with E-state index in [0.717, 1.165) is 10.9 Å². The largest absolute Gasteiger partial charge is 0.271 e. The fraction of sp³-hybridized carbons (Fsp3) is 0.0714. The van der Waals surface area contributed by atoms with E-state index in [9.17, 15) is 0 Å². The Labute approximate surface area is 109 Å². The molecule has 0 spiro atoms. The molecule has 0 radical (unpaired) electrons. The van der Waals surface area contributed by atoms with E-state index in [1.54, 1.807) is 11.3 Å². The van der Waals surface area contributed by atoms with Gasteiger partial charge in [-0.05, 0) is 28.5 Å². The molecule has 3 nitrogen and oxygen atoms in total. The fourth-order valence-electron chi connectivity index (χ4n) is 2.17. The zero-order chi connectivity index (χ0) is 12.4. The number of nitrogens with zero attached hydrogens (tertiary/aromatic N) is 1. The molecule has 0 saturated carbocycles. The number of nitrogens with two attached hydrogens (primary N) is 1. The molecule has 0 fully saturated rings. The summed E-state index contributed by atoms with van der Waals surface area (Å²) in [7, 11) is 0. The molecule has 90 valence electrons. The monoisotopic (exact) mass is 255 g/mol. The Hall–Kier alpha value is -1.75. The van der Waals surface area contributed by atoms with Crippen LogP contribution in [0, 0.1) is 0 Å². The Kier molecular flexibility index (Phi) is 3.06. The Bertz CT molecular complexity index is 644. The molecule has 2 aromatic heterocycles. The van der Waals surface area contributed by atoms with E-state index in [1.807, 2.05) is 24.5 Å². The van der Waals surface area contributed by atoms with Crippen LogP contribution in [-0.2, 0) is 0 Å². The highest BCUT2D eigenvalue weighted by molar-refractivity contribution is 7.10. The van der Waals surface area contributed by atoms with E-state index < -0.39 is 0 Å². The minimum atomic E-state index is 0.0119. The predicted octanol–water partition coefficient (Wildman–Crippen LogP) is 2.85. The zero-order valence-corrected chi connectivity index (χ0v) is 10.5. The lowest BCUT2D eigenvalue weighted by Gasteiger charge is -2.16. The van der Waals surface area contributed by atoms with Crippen molar-refractivity contribution in [3.8, 4) is 0 Å². The average Bonchev–Trinajstić information content (AvgIpc) is 2.94. The Morgan fingerprint density at radius 3 is 2.89 bits per heavy atom. The van der Waals surface area contributed by atoms with Gasteiger partial charge in [-0.1, -0.05) is 24.3 Å². The summed E-state index contributed by atoms with van der Waals surface area (Å²) in [4.78, 5) is 5.41. The van der Waals surface area contributed by atoms with Crippen molar-refractivity contribution in [2.45, 2.75) is 6.04 Å². The van der Waals surface area contributed by atoms with Gasteiger partial charge in [-0.2, -0.15) is 0 Å². The highest BCUT2D eigenvalue weighted by Gasteiger charge is 2.15. The number of rotatable bonds is 3. The first-order chi connectivity index (χ1) is 8.90. The average molecular weight is 255 g/mol. The molecule has 1 unspecified atom stereocenters. The lowest BCUT2D eigenvalue weighted by Crippen LogP contribution is -2.28. The molecule has 0 aliphatic heterocycles. The smallest absolute Gasteiger partial charge is 0.0809 e. The van der Waals surface area contributed by atoms with E-state index in [1.165, 1.54) is 10.3 Å². The number of hydrogen-bond donors (Lipinski definition) is 2. The van der Waals surface area contributed by atoms with Crippen LogP contribution in [0.1, 0.15) is 16.5 Å². The molecular formula is C14H13N3S. The van der Waals surface area contributed by atoms with Gasteiger partial charge in [-0.25, -0.2) is 5.43 Å². The topological polar surface area (TPSA) is 50.9 Å². The van der Waals surface area contributed by atoms with Crippen LogP contribution < -0.4 is 11.3 Å². The third kappa shape index (κ3) is 1.90. The number of aromatic nitrogens is 1. The number of thiophene rings is 1. The molecule has 0 bridgehead atoms. The van der Waals surface area contributed by atoms with E-state index in [4.69, 9.17) is 5.84 Å². The second-order valence-corrected chi connectivity index (χ2v) is 5.04. The lowest BCUT2D eigenvalue weighted by atomic mass is 10.00. The molecule has 1 aromatic carbocycles. The first-order valence-electron chi connectivity index (χ1n) is 5.72. The maximum absolute atomic E-state index is 5.72. The summed E-state index contributed by atoms with van der Waals surface area (Å²) in [5, 5.41) is 4.37. The Morgan fingerprint density at radius 2 is 2.11 bits per heavy atom. The van der Waals surface area contributed by atoms with Crippen molar-refractivity contribution in [1.29, 1.82) is 0 Å². The van der Waals surface area contributed by atoms with Crippen molar-refractivity contribution in [1.82, 2.24) is 10.4 Å². The van der Waals surface area contributed by atoms with Crippen molar-refractivity contribution in [2.75, 3.05) is 0 Å². The summed E-state index contributed by atoms with van der Waals surface area (Å²) < 4.78 is 0. The Morgan fingerprint density at radius 1 is 1.17 bits per heavy atom. The van der Waals surface area contributed by atoms with Gasteiger partial charge in [0.05, 0.1) is 6.04 Å². The van der Waals surface area contributed by atoms with E-state index in [-0.39, 0.29) is 6.04 Å². The van der Waals surface area contributed by atoms with Gasteiger partial charge in [-0.3, -0.25) is 10.8 Å². The SMILES string of the molecule is NNC(c1cccs1)c1cccc2ccncc12. The number of pyridine rings is 1. The molecule has 0 aliphatic carbocycles. The van der Waals surface area contributed by atoms with E-state index in [0.29, 0.717) is 0 Å². The lowest BCUT2D eigenvalue weighted by molar-refractivity contribution is 0.650. The molecule has 3 aromatic rings. The maximum atomic E-state index is 5.72. The highest BCUT2D eigenvalue weighted by Crippen LogP contribution is 2.30. The molecule has 0 aliphatic rings. The molecule has 0 amide bonds. The minimum absolute atomic E-state index is 0.0119. The second-order valence-electron chi connectivity index (χ2n) is 4.06. The number of hydrazine groups is 1. The van der Waals surface area contributed by atoms with Crippen LogP contribution in [0.2, 0.25) is 0 Å². The van der Waals surface area contributed by atoms with Gasteiger partial charge < -0.3 is 0 Å². The number of fused-ring (bicyclic) bond motifs is 1. The van der Waals surface area contributed by atoms with E-state index >= 15 is 0 Å². The minimum Gasteiger partial charge on any atom is -0.271 e. The molecule has 18 heavy (non-hydrogen) atoms. The normalized spacial score (nSPS) is 12.7. The van der Waals surface area contributed by atoms with Gasteiger partial charge in [0, 0.05) is 22.7 Å². The fourth-order valence-corrected chi connectivity index (χ4v) is 2.97. The summed E-state index contributed by atoms with van der Waals surface area (Å²) in [5.74, 6) is 5.72. The Balaban J connectivity index is 2.18. The van der Waals surface area contributed by atoms with Crippen molar-refractivity contribution in [2.24, 2.45) is 5.84 Å². The standard InChI is InChI=1S/C14H13N3S/c15-17-14(13-5-2-8-18-13)11-4-1-3-10-6-7-16-9-12(10)11/h1-9,14,17H,15H2. The maximum Gasteiger partial charge on any atom is 0.0809 e. The summed E-state index contributed by atoms with van der Waals surface area (Å²) >= 11 is 1.70. The number of nitrogens with one attached hydrogen (secondary N) is 1. The molecule has 0 saturated heterocycles. The molecule has 3 rings (SSSR count). The number of hydrogen-bond acceptors (Lipinski definition) is 4. The zero-order valence-electron chi connectivity index (χ0n) is 9.71. The van der Waals surface area contributed by atoms with Crippen LogP contribution >= 0.6 is 11.3 Å². The van der Waals surface area contributed by atoms with Crippen LogP contribution in [0.4, 0.5) is 0 Å². The predicted molar refractivity (Wildman–Crippen MR) is 75.2 cm³/mol. The highest BCUT2D eigenvalue weighted by atomic mass is 32.1. The van der Waals surface area contributed by atoms with Gasteiger partial charge in [0.15, 0.2) is 0 Å². The third-order valence-corrected chi connectivity index (χ3v) is 3.96. The van der Waals surface area contributed by atoms with E-state index in [2.05, 4.69) is 40.1 Å². The first kappa shape index (κ1) is 11.3. The van der Waals surface area contributed by atoms with Gasteiger partial charge in [-0.15, -0.1) is 11.3 Å². The van der Waals surface area contributed by atoms with Crippen LogP contribution in [0.5, 0.6) is 0 Å². The summed E-state index contributed by atoms with van der Waals surface area (Å²) in [6.45, 7) is 0. The van der Waals surface area contributed by atoms with Crippen LogP contribution in [-0.4, -0.2) is 4.98 Å². The molecule has 4 heteroatoms. The van der Waals surface area contributed by atoms with Crippen LogP contribution in [0.25, 0.3) is 10.8 Å². The third-order valence-electron chi connectivity index (χ3n) is 3.02. The second kappa shape index (κ2) is 4.86.